The van der Waals surface area contributed by atoms with Crippen LogP contribution in [0, 0.1) is 5.92 Å². The van der Waals surface area contributed by atoms with Crippen molar-refractivity contribution < 1.29 is 4.74 Å². The number of piperazine rings is 1. The summed E-state index contributed by atoms with van der Waals surface area (Å²) in [7, 11) is 1.73. The number of anilines is 1. The standard InChI is InChI=1S/C20H27N3O/c1-15(2)11-17-14-23(10-9-22-17)18-6-7-19(20(12-18)24-3)16-5-4-8-21-13-16/h4-8,12-13,15,17,22H,9-11,14H2,1-3H3. The monoisotopic (exact) mass is 325 g/mol. The van der Waals surface area contributed by atoms with E-state index in [1.165, 1.54) is 12.1 Å². The first kappa shape index (κ1) is 16.8. The quantitative estimate of drug-likeness (QED) is 0.912. The van der Waals surface area contributed by atoms with Crippen LogP contribution in [0.25, 0.3) is 11.1 Å². The summed E-state index contributed by atoms with van der Waals surface area (Å²) >= 11 is 0. The first-order valence-electron chi connectivity index (χ1n) is 8.74. The van der Waals surface area contributed by atoms with Crippen molar-refractivity contribution in [2.24, 2.45) is 5.92 Å². The van der Waals surface area contributed by atoms with Crippen molar-refractivity contribution >= 4 is 5.69 Å². The van der Waals surface area contributed by atoms with Gasteiger partial charge in [-0.1, -0.05) is 19.9 Å². The van der Waals surface area contributed by atoms with E-state index in [2.05, 4.69) is 53.3 Å². The van der Waals surface area contributed by atoms with Crippen LogP contribution in [0.15, 0.2) is 42.7 Å². The van der Waals surface area contributed by atoms with Gasteiger partial charge in [-0.05, 0) is 30.5 Å². The lowest BCUT2D eigenvalue weighted by atomic mass is 10.0. The Balaban J connectivity index is 1.82. The smallest absolute Gasteiger partial charge is 0.128 e. The molecule has 1 atom stereocenters. The predicted octanol–water partition coefficient (Wildman–Crippen LogP) is 3.58. The van der Waals surface area contributed by atoms with E-state index in [0.29, 0.717) is 12.0 Å². The normalized spacial score (nSPS) is 18.0. The number of nitrogens with one attached hydrogen (secondary N) is 1. The Hall–Kier alpha value is -2.07. The lowest BCUT2D eigenvalue weighted by Crippen LogP contribution is -2.51. The van der Waals surface area contributed by atoms with E-state index in [0.717, 1.165) is 36.5 Å². The Labute approximate surface area is 144 Å². The van der Waals surface area contributed by atoms with Crippen molar-refractivity contribution in [2.75, 3.05) is 31.6 Å². The number of pyridine rings is 1. The largest absolute Gasteiger partial charge is 0.496 e. The van der Waals surface area contributed by atoms with E-state index < -0.39 is 0 Å². The lowest BCUT2D eigenvalue weighted by Gasteiger charge is -2.36. The molecule has 1 saturated heterocycles. The van der Waals surface area contributed by atoms with E-state index in [1.807, 2.05) is 12.3 Å². The van der Waals surface area contributed by atoms with Crippen molar-refractivity contribution in [1.29, 1.82) is 0 Å². The zero-order valence-electron chi connectivity index (χ0n) is 14.8. The Morgan fingerprint density at radius 3 is 2.92 bits per heavy atom. The van der Waals surface area contributed by atoms with E-state index in [9.17, 15) is 0 Å². The molecule has 0 aliphatic carbocycles. The van der Waals surface area contributed by atoms with Gasteiger partial charge < -0.3 is 15.0 Å². The van der Waals surface area contributed by atoms with Gasteiger partial charge >= 0.3 is 0 Å². The van der Waals surface area contributed by atoms with Gasteiger partial charge in [-0.3, -0.25) is 4.98 Å². The maximum atomic E-state index is 5.65. The van der Waals surface area contributed by atoms with Crippen molar-refractivity contribution in [3.63, 3.8) is 0 Å². The van der Waals surface area contributed by atoms with Gasteiger partial charge in [0.1, 0.15) is 5.75 Å². The van der Waals surface area contributed by atoms with Gasteiger partial charge in [0, 0.05) is 61.0 Å². The molecule has 4 heteroatoms. The highest BCUT2D eigenvalue weighted by molar-refractivity contribution is 5.73. The Morgan fingerprint density at radius 2 is 2.21 bits per heavy atom. The molecule has 4 nitrogen and oxygen atoms in total. The number of aromatic nitrogens is 1. The molecule has 2 aromatic rings. The zero-order valence-corrected chi connectivity index (χ0v) is 14.8. The molecule has 3 rings (SSSR count). The molecule has 0 radical (unpaired) electrons. The second-order valence-corrected chi connectivity index (χ2v) is 6.85. The van der Waals surface area contributed by atoms with Crippen LogP contribution in [0.2, 0.25) is 0 Å². The summed E-state index contributed by atoms with van der Waals surface area (Å²) in [6, 6.07) is 11.1. The maximum Gasteiger partial charge on any atom is 0.128 e. The second-order valence-electron chi connectivity index (χ2n) is 6.85. The fourth-order valence-electron chi connectivity index (χ4n) is 3.42. The number of ether oxygens (including phenoxy) is 1. The predicted molar refractivity (Wildman–Crippen MR) is 99.7 cm³/mol. The molecule has 0 spiro atoms. The van der Waals surface area contributed by atoms with E-state index >= 15 is 0 Å². The van der Waals surface area contributed by atoms with Crippen LogP contribution in [0.3, 0.4) is 0 Å². The van der Waals surface area contributed by atoms with Gasteiger partial charge in [0.05, 0.1) is 7.11 Å². The topological polar surface area (TPSA) is 37.4 Å². The molecule has 128 valence electrons. The van der Waals surface area contributed by atoms with Crippen molar-refractivity contribution in [1.82, 2.24) is 10.3 Å². The molecule has 1 unspecified atom stereocenters. The first-order valence-corrected chi connectivity index (χ1v) is 8.74. The third-order valence-electron chi connectivity index (χ3n) is 4.53. The summed E-state index contributed by atoms with van der Waals surface area (Å²) in [4.78, 5) is 6.67. The highest BCUT2D eigenvalue weighted by Gasteiger charge is 2.21. The summed E-state index contributed by atoms with van der Waals surface area (Å²) in [6.45, 7) is 7.68. The molecular weight excluding hydrogens is 298 g/mol. The molecule has 1 aromatic heterocycles. The Morgan fingerprint density at radius 1 is 1.33 bits per heavy atom. The summed E-state index contributed by atoms with van der Waals surface area (Å²) < 4.78 is 5.65. The SMILES string of the molecule is COc1cc(N2CCNC(CC(C)C)C2)ccc1-c1cccnc1. The summed E-state index contributed by atoms with van der Waals surface area (Å²) in [5, 5.41) is 3.63. The van der Waals surface area contributed by atoms with Crippen molar-refractivity contribution in [3.05, 3.63) is 42.7 Å². The zero-order chi connectivity index (χ0) is 16.9. The average Bonchev–Trinajstić information content (AvgIpc) is 2.61. The minimum Gasteiger partial charge on any atom is -0.496 e. The molecule has 1 aliphatic heterocycles. The van der Waals surface area contributed by atoms with Gasteiger partial charge in [0.2, 0.25) is 0 Å². The minimum atomic E-state index is 0.558. The molecule has 0 saturated carbocycles. The molecule has 1 aliphatic rings. The summed E-state index contributed by atoms with van der Waals surface area (Å²) in [5.41, 5.74) is 3.40. The van der Waals surface area contributed by atoms with Crippen LogP contribution in [-0.4, -0.2) is 37.8 Å². The molecule has 0 bridgehead atoms. The first-order chi connectivity index (χ1) is 11.7. The van der Waals surface area contributed by atoms with Crippen LogP contribution in [0.4, 0.5) is 5.69 Å². The summed E-state index contributed by atoms with van der Waals surface area (Å²) in [5.74, 6) is 1.62. The molecule has 0 amide bonds. The van der Waals surface area contributed by atoms with Gasteiger partial charge in [0.15, 0.2) is 0 Å². The number of nitrogens with zero attached hydrogens (tertiary/aromatic N) is 2. The van der Waals surface area contributed by atoms with Gasteiger partial charge in [-0.2, -0.15) is 0 Å². The third-order valence-corrected chi connectivity index (χ3v) is 4.53. The third kappa shape index (κ3) is 3.88. The number of hydrogen-bond acceptors (Lipinski definition) is 4. The number of rotatable bonds is 5. The molecule has 1 aromatic carbocycles. The number of methoxy groups -OCH3 is 1. The average molecular weight is 325 g/mol. The highest BCUT2D eigenvalue weighted by Crippen LogP contribution is 2.33. The maximum absolute atomic E-state index is 5.65. The number of hydrogen-bond donors (Lipinski definition) is 1. The van der Waals surface area contributed by atoms with Gasteiger partial charge in [0.25, 0.3) is 0 Å². The molecular formula is C20H27N3O. The Bertz CT molecular complexity index is 657. The number of benzene rings is 1. The van der Waals surface area contributed by atoms with Crippen LogP contribution in [-0.2, 0) is 0 Å². The van der Waals surface area contributed by atoms with Crippen molar-refractivity contribution in [2.45, 2.75) is 26.3 Å². The summed E-state index contributed by atoms with van der Waals surface area (Å²) in [6.07, 6.45) is 4.88. The van der Waals surface area contributed by atoms with E-state index in [4.69, 9.17) is 4.74 Å². The van der Waals surface area contributed by atoms with Crippen LogP contribution >= 0.6 is 0 Å². The lowest BCUT2D eigenvalue weighted by molar-refractivity contribution is 0.387. The highest BCUT2D eigenvalue weighted by atomic mass is 16.5. The molecule has 24 heavy (non-hydrogen) atoms. The van der Waals surface area contributed by atoms with E-state index in [1.54, 1.807) is 13.3 Å². The van der Waals surface area contributed by atoms with Crippen molar-refractivity contribution in [3.8, 4) is 16.9 Å². The van der Waals surface area contributed by atoms with Crippen LogP contribution < -0.4 is 15.0 Å². The van der Waals surface area contributed by atoms with Crippen LogP contribution in [0.5, 0.6) is 5.75 Å². The molecule has 1 N–H and O–H groups in total. The molecule has 1 fully saturated rings. The molecule has 2 heterocycles. The second kappa shape index (κ2) is 7.67. The minimum absolute atomic E-state index is 0.558. The fraction of sp³-hybridized carbons (Fsp3) is 0.450. The fourth-order valence-corrected chi connectivity index (χ4v) is 3.42. The van der Waals surface area contributed by atoms with Crippen LogP contribution in [0.1, 0.15) is 20.3 Å². The van der Waals surface area contributed by atoms with Gasteiger partial charge in [-0.15, -0.1) is 0 Å². The van der Waals surface area contributed by atoms with E-state index in [-0.39, 0.29) is 0 Å². The Kier molecular flexibility index (Phi) is 5.36. The van der Waals surface area contributed by atoms with Gasteiger partial charge in [-0.25, -0.2) is 0 Å².